The van der Waals surface area contributed by atoms with E-state index in [1.54, 1.807) is 0 Å². The van der Waals surface area contributed by atoms with Gasteiger partial charge in [-0.3, -0.25) is 0 Å². The Kier molecular flexibility index (Phi) is 17.8. The third kappa shape index (κ3) is 11.8. The van der Waals surface area contributed by atoms with E-state index in [9.17, 15) is 55.2 Å². The Bertz CT molecular complexity index is 2270. The maximum absolute atomic E-state index is 13.6. The van der Waals surface area contributed by atoms with Gasteiger partial charge in [-0.2, -0.15) is 0 Å². The molecule has 5 rings (SSSR count). The molecule has 3 aromatic rings. The minimum absolute atomic E-state index is 0.00590. The van der Waals surface area contributed by atoms with Crippen molar-refractivity contribution in [1.82, 2.24) is 0 Å². The lowest BCUT2D eigenvalue weighted by Gasteiger charge is -2.43. The molecule has 0 aromatic heterocycles. The van der Waals surface area contributed by atoms with Crippen molar-refractivity contribution < 1.29 is 112 Å². The van der Waals surface area contributed by atoms with Crippen LogP contribution in [0.3, 0.4) is 0 Å². The Labute approximate surface area is 388 Å². The Morgan fingerprint density at radius 3 is 1.35 bits per heavy atom. The van der Waals surface area contributed by atoms with Gasteiger partial charge in [-0.25, -0.2) is 14.4 Å². The predicted molar refractivity (Wildman–Crippen MR) is 231 cm³/mol. The van der Waals surface area contributed by atoms with Crippen molar-refractivity contribution in [3.8, 4) is 51.7 Å². The van der Waals surface area contributed by atoms with Gasteiger partial charge < -0.3 is 97.7 Å². The van der Waals surface area contributed by atoms with Crippen molar-refractivity contribution in [1.29, 1.82) is 0 Å². The molecule has 2 heterocycles. The highest BCUT2D eigenvalue weighted by molar-refractivity contribution is 5.89. The first-order chi connectivity index (χ1) is 32.5. The van der Waals surface area contributed by atoms with Gasteiger partial charge in [-0.1, -0.05) is 0 Å². The lowest BCUT2D eigenvalue weighted by Crippen LogP contribution is -2.63. The highest BCUT2D eigenvalue weighted by Gasteiger charge is 2.62. The van der Waals surface area contributed by atoms with Crippen LogP contribution in [0, 0.1) is 0 Å². The molecule has 23 nitrogen and oxygen atoms in total. The molecule has 0 aliphatic carbocycles. The smallest absolute Gasteiger partial charge is 0.331 e. The van der Waals surface area contributed by atoms with Crippen LogP contribution in [0.4, 0.5) is 0 Å². The lowest BCUT2D eigenvalue weighted by atomic mass is 9.98. The number of phenols is 3. The van der Waals surface area contributed by atoms with Crippen LogP contribution in [0.2, 0.25) is 0 Å². The number of hydrogen-bond acceptors (Lipinski definition) is 23. The summed E-state index contributed by atoms with van der Waals surface area (Å²) in [6, 6.07) is 8.26. The van der Waals surface area contributed by atoms with Crippen LogP contribution in [0.1, 0.15) is 16.7 Å². The fraction of sp³-hybridized carbons (Fsp3) is 0.400. The van der Waals surface area contributed by atoms with E-state index < -0.39 is 92.5 Å². The van der Waals surface area contributed by atoms with Crippen molar-refractivity contribution in [2.75, 3.05) is 62.5 Å². The summed E-state index contributed by atoms with van der Waals surface area (Å²) in [6.07, 6.45) is -8.68. The zero-order valence-electron chi connectivity index (χ0n) is 37.4. The van der Waals surface area contributed by atoms with Gasteiger partial charge in [0.05, 0.1) is 49.3 Å². The Hall–Kier alpha value is -6.83. The number of benzene rings is 3. The fourth-order valence-corrected chi connectivity index (χ4v) is 6.95. The second kappa shape index (κ2) is 23.3. The van der Waals surface area contributed by atoms with Crippen LogP contribution >= 0.6 is 0 Å². The zero-order valence-corrected chi connectivity index (χ0v) is 37.4. The summed E-state index contributed by atoms with van der Waals surface area (Å²) in [5, 5.41) is 85.1. The van der Waals surface area contributed by atoms with Gasteiger partial charge in [0.25, 0.3) is 0 Å². The van der Waals surface area contributed by atoms with E-state index in [0.717, 1.165) is 18.2 Å². The zero-order chi connectivity index (χ0) is 49.9. The molecule has 68 heavy (non-hydrogen) atoms. The van der Waals surface area contributed by atoms with Gasteiger partial charge in [0, 0.05) is 18.2 Å². The highest BCUT2D eigenvalue weighted by atomic mass is 16.8. The minimum atomic E-state index is -2.68. The van der Waals surface area contributed by atoms with Gasteiger partial charge >= 0.3 is 17.9 Å². The SMILES string of the molecule is COc1cc(C=CC(=O)OC[C@H]2O[C@H](O[C@]3(CO)O[C@H](CO)[C@@H](OC(=O)C=Cc4cc(OC)c(O)c(OC)c4)[C@@H]3OC(=O)C=Cc3cc(OC)c(O)c(OC)c3)[C@H](O)[C@@H](O)[C@@H]2O)cc(OC)c1O. The lowest BCUT2D eigenvalue weighted by molar-refractivity contribution is -0.383. The Morgan fingerprint density at radius 1 is 0.574 bits per heavy atom. The molecule has 2 aliphatic heterocycles. The minimum Gasteiger partial charge on any atom is -0.502 e. The third-order valence-electron chi connectivity index (χ3n) is 10.5. The standard InChI is InChI=1S/C45H52O23/c1-57-25-13-22(14-26(58-2)36(25)51)7-10-33(48)63-20-32-39(54)40(55)41(56)44(64-32)68-45(21-47)43(66-35(50)12-9-24-17-29(61-5)38(53)30(18-24)62-6)42(31(19-46)67-45)65-34(49)11-8-23-15-27(59-3)37(52)28(16-23)60-4/h7-18,31-32,39-44,46-47,51-56H,19-21H2,1-6H3/t31-,32-,39-,40+,41-,42-,43+,44-,45+/m1/s1. The molecule has 0 spiro atoms. The molecule has 2 saturated heterocycles. The van der Waals surface area contributed by atoms with Crippen LogP contribution in [0.25, 0.3) is 18.2 Å². The van der Waals surface area contributed by atoms with Crippen molar-refractivity contribution in [2.45, 2.75) is 54.8 Å². The first kappa shape index (κ1) is 52.1. The summed E-state index contributed by atoms with van der Waals surface area (Å²) in [7, 11) is 7.78. The molecule has 2 fully saturated rings. The van der Waals surface area contributed by atoms with Crippen molar-refractivity contribution in [3.63, 3.8) is 0 Å². The molecular formula is C45H52O23. The number of phenolic OH excluding ortho intramolecular Hbond substituents is 3. The molecule has 2 aliphatic rings. The quantitative estimate of drug-likeness (QED) is 0.0436. The van der Waals surface area contributed by atoms with Gasteiger partial charge in [0.2, 0.25) is 23.0 Å². The number of rotatable bonds is 20. The second-order valence-corrected chi connectivity index (χ2v) is 14.7. The van der Waals surface area contributed by atoms with E-state index in [1.807, 2.05) is 0 Å². The predicted octanol–water partition coefficient (Wildman–Crippen LogP) is 0.566. The molecule has 370 valence electrons. The summed E-state index contributed by atoms with van der Waals surface area (Å²) in [4.78, 5) is 39.8. The van der Waals surface area contributed by atoms with Gasteiger partial charge in [-0.15, -0.1) is 0 Å². The molecule has 0 bridgehead atoms. The van der Waals surface area contributed by atoms with Crippen molar-refractivity contribution in [3.05, 3.63) is 71.3 Å². The van der Waals surface area contributed by atoms with E-state index in [0.29, 0.717) is 5.56 Å². The number of aliphatic hydroxyl groups excluding tert-OH is 5. The number of carbonyl (C=O) groups excluding carboxylic acids is 3. The largest absolute Gasteiger partial charge is 0.502 e. The molecule has 23 heteroatoms. The third-order valence-corrected chi connectivity index (χ3v) is 10.5. The van der Waals surface area contributed by atoms with Gasteiger partial charge in [0.1, 0.15) is 43.7 Å². The second-order valence-electron chi connectivity index (χ2n) is 14.7. The van der Waals surface area contributed by atoms with E-state index >= 15 is 0 Å². The average molecular weight is 961 g/mol. The number of methoxy groups -OCH3 is 6. The normalized spacial score (nSPS) is 24.8. The fourth-order valence-electron chi connectivity index (χ4n) is 6.95. The monoisotopic (exact) mass is 960 g/mol. The van der Waals surface area contributed by atoms with E-state index in [4.69, 9.17) is 56.8 Å². The number of aromatic hydroxyl groups is 3. The summed E-state index contributed by atoms with van der Waals surface area (Å²) in [6.45, 7) is -2.98. The molecule has 0 radical (unpaired) electrons. The summed E-state index contributed by atoms with van der Waals surface area (Å²) >= 11 is 0. The van der Waals surface area contributed by atoms with E-state index in [2.05, 4.69) is 0 Å². The molecular weight excluding hydrogens is 908 g/mol. The number of ether oxygens (including phenoxy) is 12. The van der Waals surface area contributed by atoms with Crippen LogP contribution in [0.15, 0.2) is 54.6 Å². The maximum atomic E-state index is 13.6. The van der Waals surface area contributed by atoms with Crippen LogP contribution in [0.5, 0.6) is 51.7 Å². The molecule has 0 saturated carbocycles. The summed E-state index contributed by atoms with van der Waals surface area (Å²) in [5.74, 6) is -6.79. The molecule has 3 aromatic carbocycles. The maximum Gasteiger partial charge on any atom is 0.331 e. The number of hydrogen-bond donors (Lipinski definition) is 8. The molecule has 0 unspecified atom stereocenters. The van der Waals surface area contributed by atoms with Gasteiger partial charge in [0.15, 0.2) is 53.0 Å². The number of carbonyl (C=O) groups is 3. The topological polar surface area (TPSA) is 324 Å². The van der Waals surface area contributed by atoms with Crippen LogP contribution < -0.4 is 28.4 Å². The molecule has 9 atom stereocenters. The summed E-state index contributed by atoms with van der Waals surface area (Å²) < 4.78 is 65.0. The number of esters is 3. The Morgan fingerprint density at radius 2 is 0.971 bits per heavy atom. The first-order valence-corrected chi connectivity index (χ1v) is 20.2. The van der Waals surface area contributed by atoms with Gasteiger partial charge in [-0.05, 0) is 71.3 Å². The average Bonchev–Trinajstić information content (AvgIpc) is 3.62. The van der Waals surface area contributed by atoms with Crippen molar-refractivity contribution in [2.24, 2.45) is 0 Å². The molecule has 0 amide bonds. The van der Waals surface area contributed by atoms with Crippen LogP contribution in [-0.4, -0.2) is 176 Å². The highest BCUT2D eigenvalue weighted by Crippen LogP contribution is 2.42. The Balaban J connectivity index is 1.42. The first-order valence-electron chi connectivity index (χ1n) is 20.2. The molecule has 8 N–H and O–H groups in total. The van der Waals surface area contributed by atoms with E-state index in [1.165, 1.54) is 97.3 Å². The van der Waals surface area contributed by atoms with Crippen molar-refractivity contribution >= 4 is 36.1 Å². The number of aliphatic hydroxyl groups is 5. The van der Waals surface area contributed by atoms with Crippen LogP contribution in [-0.2, 0) is 42.8 Å². The van der Waals surface area contributed by atoms with E-state index in [-0.39, 0.29) is 62.9 Å². The summed E-state index contributed by atoms with van der Waals surface area (Å²) in [5.41, 5.74) is 0.906.